The summed E-state index contributed by atoms with van der Waals surface area (Å²) >= 11 is 0. The van der Waals surface area contributed by atoms with Gasteiger partial charge in [-0.05, 0) is 119 Å². The van der Waals surface area contributed by atoms with E-state index in [9.17, 15) is 0 Å². The molecule has 13 rings (SSSR count). The Kier molecular flexibility index (Phi) is 10.1. The number of anilines is 6. The molecule has 0 N–H and O–H groups in total. The molecule has 4 heteroatoms. The van der Waals surface area contributed by atoms with Crippen molar-refractivity contribution in [2.45, 2.75) is 0 Å². The molecule has 0 aliphatic heterocycles. The Morgan fingerprint density at radius 3 is 1.20 bits per heavy atom. The summed E-state index contributed by atoms with van der Waals surface area (Å²) in [5.41, 5.74) is 17.8. The number of para-hydroxylation sites is 5. The molecule has 0 bridgehead atoms. The Bertz CT molecular complexity index is 3850. The van der Waals surface area contributed by atoms with Crippen LogP contribution in [0.4, 0.5) is 34.1 Å². The van der Waals surface area contributed by atoms with Gasteiger partial charge < -0.3 is 18.9 Å². The van der Waals surface area contributed by atoms with E-state index in [1.165, 1.54) is 43.7 Å². The number of hydrogen-bond acceptors (Lipinski definition) is 2. The number of rotatable bonds is 10. The SMILES string of the molecule is c1ccc(-c2cccc(N(c3ccccc3)c3cc(N(c4ccccc4)c4cccc(-c5ccccc5)c4)cc(-n4c5ccccc5c5c4ccc4c6ccccc6n(-c6ccccc6)c45)c3)c2)cc1. The van der Waals surface area contributed by atoms with Crippen molar-refractivity contribution in [2.75, 3.05) is 9.80 Å². The predicted molar refractivity (Wildman–Crippen MR) is 295 cm³/mol. The quantitative estimate of drug-likeness (QED) is 0.136. The van der Waals surface area contributed by atoms with Gasteiger partial charge in [0.25, 0.3) is 0 Å². The van der Waals surface area contributed by atoms with E-state index in [1.807, 2.05) is 0 Å². The highest BCUT2D eigenvalue weighted by atomic mass is 15.2. The fourth-order valence-electron chi connectivity index (χ4n) is 10.6. The first-order valence-electron chi connectivity index (χ1n) is 23.9. The van der Waals surface area contributed by atoms with Crippen LogP contribution in [-0.2, 0) is 0 Å². The first kappa shape index (κ1) is 40.9. The van der Waals surface area contributed by atoms with E-state index < -0.39 is 0 Å². The minimum absolute atomic E-state index is 1.02. The van der Waals surface area contributed by atoms with Crippen LogP contribution in [0.3, 0.4) is 0 Å². The van der Waals surface area contributed by atoms with Crippen LogP contribution in [0, 0.1) is 0 Å². The van der Waals surface area contributed by atoms with Gasteiger partial charge in [-0.2, -0.15) is 0 Å². The second-order valence-electron chi connectivity index (χ2n) is 17.8. The topological polar surface area (TPSA) is 16.3 Å². The van der Waals surface area contributed by atoms with Crippen LogP contribution in [0.25, 0.3) is 77.2 Å². The Hall–Kier alpha value is -9.38. The zero-order valence-electron chi connectivity index (χ0n) is 38.3. The third-order valence-corrected chi connectivity index (χ3v) is 13.6. The van der Waals surface area contributed by atoms with Crippen LogP contribution < -0.4 is 9.80 Å². The normalized spacial score (nSPS) is 11.4. The van der Waals surface area contributed by atoms with E-state index in [4.69, 9.17) is 0 Å². The highest BCUT2D eigenvalue weighted by Gasteiger charge is 2.24. The highest BCUT2D eigenvalue weighted by molar-refractivity contribution is 6.26. The van der Waals surface area contributed by atoms with Crippen LogP contribution in [-0.4, -0.2) is 9.13 Å². The lowest BCUT2D eigenvalue weighted by Gasteiger charge is -2.31. The Morgan fingerprint density at radius 2 is 0.657 bits per heavy atom. The minimum atomic E-state index is 1.02. The molecule has 0 amide bonds. The molecule has 4 nitrogen and oxygen atoms in total. The van der Waals surface area contributed by atoms with Gasteiger partial charge in [0, 0.05) is 50.0 Å². The summed E-state index contributed by atoms with van der Waals surface area (Å²) in [6.45, 7) is 0. The van der Waals surface area contributed by atoms with Crippen molar-refractivity contribution in [3.05, 3.63) is 279 Å². The smallest absolute Gasteiger partial charge is 0.0641 e. The first-order valence-corrected chi connectivity index (χ1v) is 23.9. The maximum absolute atomic E-state index is 2.48. The fourth-order valence-corrected chi connectivity index (χ4v) is 10.6. The molecule has 0 atom stereocenters. The van der Waals surface area contributed by atoms with Crippen molar-refractivity contribution < 1.29 is 0 Å². The van der Waals surface area contributed by atoms with Gasteiger partial charge in [0.2, 0.25) is 0 Å². The van der Waals surface area contributed by atoms with Crippen LogP contribution in [0.5, 0.6) is 0 Å². The number of benzene rings is 11. The van der Waals surface area contributed by atoms with Crippen LogP contribution in [0.15, 0.2) is 279 Å². The standard InChI is InChI=1S/C66H46N4/c1-6-22-47(23-7-1)49-26-20-34-54(42-49)67(51-28-10-3-11-29-51)56-44-57(68(52-30-12-4-13-31-52)55-35-21-27-50(43-55)48-24-8-2-9-25-48)46-58(45-56)69-63-39-19-17-37-61(63)65-64(69)41-40-60-59-36-16-18-38-62(59)70(66(60)65)53-32-14-5-15-33-53/h1-46H. The molecule has 0 aliphatic rings. The number of fused-ring (bicyclic) bond motifs is 7. The molecule has 0 aliphatic carbocycles. The van der Waals surface area contributed by atoms with E-state index in [0.29, 0.717) is 0 Å². The molecule has 0 saturated heterocycles. The van der Waals surface area contributed by atoms with E-state index in [0.717, 1.165) is 67.7 Å². The zero-order chi connectivity index (χ0) is 46.4. The van der Waals surface area contributed by atoms with E-state index in [2.05, 4.69) is 298 Å². The molecule has 0 unspecified atom stereocenters. The number of aromatic nitrogens is 2. The largest absolute Gasteiger partial charge is 0.310 e. The van der Waals surface area contributed by atoms with E-state index >= 15 is 0 Å². The Balaban J connectivity index is 1.13. The van der Waals surface area contributed by atoms with Gasteiger partial charge in [0.15, 0.2) is 0 Å². The summed E-state index contributed by atoms with van der Waals surface area (Å²) in [6, 6.07) is 101. The summed E-state index contributed by atoms with van der Waals surface area (Å²) in [5, 5.41) is 4.87. The third-order valence-electron chi connectivity index (χ3n) is 13.6. The van der Waals surface area contributed by atoms with Crippen molar-refractivity contribution in [3.8, 4) is 33.6 Å². The molecule has 0 radical (unpaired) electrons. The Labute approximate surface area is 407 Å². The average molecular weight is 895 g/mol. The van der Waals surface area contributed by atoms with Crippen LogP contribution in [0.1, 0.15) is 0 Å². The first-order chi connectivity index (χ1) is 34.7. The molecule has 330 valence electrons. The molecule has 2 heterocycles. The highest BCUT2D eigenvalue weighted by Crippen LogP contribution is 2.46. The molecule has 0 saturated carbocycles. The van der Waals surface area contributed by atoms with Crippen molar-refractivity contribution >= 4 is 77.7 Å². The van der Waals surface area contributed by atoms with Gasteiger partial charge in [-0.15, -0.1) is 0 Å². The van der Waals surface area contributed by atoms with Gasteiger partial charge in [0.05, 0.1) is 39.1 Å². The van der Waals surface area contributed by atoms with Crippen molar-refractivity contribution in [2.24, 2.45) is 0 Å². The monoisotopic (exact) mass is 894 g/mol. The third kappa shape index (κ3) is 7.10. The maximum Gasteiger partial charge on any atom is 0.0641 e. The summed E-state index contributed by atoms with van der Waals surface area (Å²) in [5.74, 6) is 0. The van der Waals surface area contributed by atoms with E-state index in [1.54, 1.807) is 0 Å². The lowest BCUT2D eigenvalue weighted by Crippen LogP contribution is -2.14. The Morgan fingerprint density at radius 1 is 0.229 bits per heavy atom. The molecule has 70 heavy (non-hydrogen) atoms. The van der Waals surface area contributed by atoms with Crippen LogP contribution >= 0.6 is 0 Å². The molecular formula is C66H46N4. The van der Waals surface area contributed by atoms with Gasteiger partial charge in [-0.25, -0.2) is 0 Å². The van der Waals surface area contributed by atoms with Gasteiger partial charge >= 0.3 is 0 Å². The van der Waals surface area contributed by atoms with Crippen molar-refractivity contribution in [1.82, 2.24) is 9.13 Å². The zero-order valence-corrected chi connectivity index (χ0v) is 38.3. The maximum atomic E-state index is 2.48. The predicted octanol–water partition coefficient (Wildman–Crippen LogP) is 18.2. The molecule has 0 spiro atoms. The van der Waals surface area contributed by atoms with Crippen molar-refractivity contribution in [1.29, 1.82) is 0 Å². The molecule has 2 aromatic heterocycles. The number of hydrogen-bond donors (Lipinski definition) is 0. The second-order valence-corrected chi connectivity index (χ2v) is 17.8. The summed E-state index contributed by atoms with van der Waals surface area (Å²) < 4.78 is 4.94. The van der Waals surface area contributed by atoms with Gasteiger partial charge in [0.1, 0.15) is 0 Å². The minimum Gasteiger partial charge on any atom is -0.310 e. The van der Waals surface area contributed by atoms with Gasteiger partial charge in [-0.1, -0.05) is 182 Å². The molecule has 0 fully saturated rings. The average Bonchev–Trinajstić information content (AvgIpc) is 3.96. The van der Waals surface area contributed by atoms with Crippen molar-refractivity contribution in [3.63, 3.8) is 0 Å². The lowest BCUT2D eigenvalue weighted by molar-refractivity contribution is 1.16. The lowest BCUT2D eigenvalue weighted by atomic mass is 10.0. The molecule has 13 aromatic rings. The molecule has 11 aromatic carbocycles. The summed E-state index contributed by atoms with van der Waals surface area (Å²) in [6.07, 6.45) is 0. The van der Waals surface area contributed by atoms with E-state index in [-0.39, 0.29) is 0 Å². The second kappa shape index (κ2) is 17.4. The summed E-state index contributed by atoms with van der Waals surface area (Å²) in [4.78, 5) is 4.81. The fraction of sp³-hybridized carbons (Fsp3) is 0. The van der Waals surface area contributed by atoms with Crippen LogP contribution in [0.2, 0.25) is 0 Å². The number of nitrogens with zero attached hydrogens (tertiary/aromatic N) is 4. The summed E-state index contributed by atoms with van der Waals surface area (Å²) in [7, 11) is 0. The molecular weight excluding hydrogens is 849 g/mol. The van der Waals surface area contributed by atoms with Gasteiger partial charge in [-0.3, -0.25) is 0 Å².